The van der Waals surface area contributed by atoms with Crippen molar-refractivity contribution in [1.82, 2.24) is 0 Å². The Kier molecular flexibility index (Phi) is 6.53. The molecule has 4 atom stereocenters. The Morgan fingerprint density at radius 1 is 1.29 bits per heavy atom. The Morgan fingerprint density at radius 2 is 2.04 bits per heavy atom. The highest BCUT2D eigenvalue weighted by Crippen LogP contribution is 2.55. The van der Waals surface area contributed by atoms with E-state index < -0.39 is 29.0 Å². The van der Waals surface area contributed by atoms with E-state index in [4.69, 9.17) is 14.2 Å². The zero-order valence-electron chi connectivity index (χ0n) is 16.7. The molecule has 1 aromatic carbocycles. The average molecular weight is 390 g/mol. The lowest BCUT2D eigenvalue weighted by Crippen LogP contribution is -2.54. The molecular weight excluding hydrogens is 360 g/mol. The molecule has 1 saturated carbocycles. The summed E-state index contributed by atoms with van der Waals surface area (Å²) in [7, 11) is 1.23. The van der Waals surface area contributed by atoms with E-state index in [0.29, 0.717) is 32.5 Å². The fourth-order valence-electron chi connectivity index (χ4n) is 4.69. The minimum absolute atomic E-state index is 0.0977. The number of fused-ring (bicyclic) bond motifs is 1. The van der Waals surface area contributed by atoms with E-state index in [1.165, 1.54) is 7.11 Å². The number of rotatable bonds is 8. The maximum Gasteiger partial charge on any atom is 0.366 e. The minimum Gasteiger partial charge on any atom is -0.465 e. The molecule has 2 aliphatic rings. The normalized spacial score (nSPS) is 32.2. The van der Waals surface area contributed by atoms with Crippen LogP contribution in [0, 0.1) is 17.3 Å². The summed E-state index contributed by atoms with van der Waals surface area (Å²) in [4.78, 5) is 24.8. The number of ketones is 1. The number of carbonyl (C=O) groups excluding carboxylic acids is 2. The Morgan fingerprint density at radius 3 is 2.75 bits per heavy atom. The second kappa shape index (κ2) is 8.72. The van der Waals surface area contributed by atoms with Gasteiger partial charge in [-0.15, -0.1) is 0 Å². The molecule has 2 fully saturated rings. The number of hydrogen-bond acceptors (Lipinski definition) is 6. The predicted octanol–water partition coefficient (Wildman–Crippen LogP) is 2.87. The quantitative estimate of drug-likeness (QED) is 0.543. The van der Waals surface area contributed by atoms with Crippen molar-refractivity contribution in [3.8, 4) is 0 Å². The van der Waals surface area contributed by atoms with Crippen molar-refractivity contribution in [1.29, 1.82) is 0 Å². The highest BCUT2D eigenvalue weighted by atomic mass is 16.7. The first kappa shape index (κ1) is 21.0. The molecule has 1 saturated heterocycles. The lowest BCUT2D eigenvalue weighted by atomic mass is 9.60. The van der Waals surface area contributed by atoms with Crippen molar-refractivity contribution in [2.24, 2.45) is 17.3 Å². The Balaban J connectivity index is 1.55. The number of unbranched alkanes of at least 4 members (excludes halogenated alkanes) is 1. The Hall–Kier alpha value is -1.76. The first-order chi connectivity index (χ1) is 13.4. The van der Waals surface area contributed by atoms with Crippen molar-refractivity contribution < 1.29 is 28.9 Å². The summed E-state index contributed by atoms with van der Waals surface area (Å²) in [6.45, 7) is 3.42. The van der Waals surface area contributed by atoms with E-state index in [9.17, 15) is 14.7 Å². The summed E-state index contributed by atoms with van der Waals surface area (Å²) >= 11 is 0. The van der Waals surface area contributed by atoms with Crippen LogP contribution in [0.5, 0.6) is 0 Å². The van der Waals surface area contributed by atoms with Gasteiger partial charge in [0.15, 0.2) is 0 Å². The van der Waals surface area contributed by atoms with Crippen LogP contribution in [0.2, 0.25) is 0 Å². The standard InChI is InChI=1S/C22H30O6/c1-21-12-11-18(23)17(19(21)22(25,28-15-21)20(24)26-2)10-6-7-13-27-14-16-8-4-3-5-9-16/h3-5,8-9,17,19,25H,6-7,10-15H2,1-2H3/t17-,19-,21-,22-/m1/s1. The van der Waals surface area contributed by atoms with E-state index in [1.807, 2.05) is 37.3 Å². The van der Waals surface area contributed by atoms with Gasteiger partial charge in [-0.25, -0.2) is 4.79 Å². The number of esters is 1. The molecule has 6 heteroatoms. The summed E-state index contributed by atoms with van der Waals surface area (Å²) in [6.07, 6.45) is 3.29. The van der Waals surface area contributed by atoms with E-state index in [0.717, 1.165) is 18.4 Å². The van der Waals surface area contributed by atoms with Gasteiger partial charge in [-0.2, -0.15) is 0 Å². The summed E-state index contributed by atoms with van der Waals surface area (Å²) in [6, 6.07) is 9.98. The zero-order chi connectivity index (χ0) is 20.2. The molecule has 1 heterocycles. The smallest absolute Gasteiger partial charge is 0.366 e. The van der Waals surface area contributed by atoms with Crippen LogP contribution < -0.4 is 0 Å². The van der Waals surface area contributed by atoms with Gasteiger partial charge in [0.25, 0.3) is 5.79 Å². The van der Waals surface area contributed by atoms with Gasteiger partial charge in [-0.1, -0.05) is 43.7 Å². The summed E-state index contributed by atoms with van der Waals surface area (Å²) in [5.41, 5.74) is 0.734. The van der Waals surface area contributed by atoms with Crippen LogP contribution in [0.1, 0.15) is 44.6 Å². The van der Waals surface area contributed by atoms with Crippen LogP contribution in [-0.4, -0.2) is 43.0 Å². The molecule has 3 rings (SSSR count). The largest absolute Gasteiger partial charge is 0.465 e. The first-order valence-electron chi connectivity index (χ1n) is 10.00. The molecule has 0 aromatic heterocycles. The Labute approximate surface area is 166 Å². The third-order valence-electron chi connectivity index (χ3n) is 6.20. The van der Waals surface area contributed by atoms with Crippen molar-refractivity contribution in [3.05, 3.63) is 35.9 Å². The second-order valence-corrected chi connectivity index (χ2v) is 8.22. The molecule has 0 amide bonds. The maximum absolute atomic E-state index is 12.6. The molecule has 0 unspecified atom stereocenters. The van der Waals surface area contributed by atoms with Gasteiger partial charge in [0.05, 0.1) is 20.3 Å². The number of hydrogen-bond donors (Lipinski definition) is 1. The predicted molar refractivity (Wildman–Crippen MR) is 102 cm³/mol. The molecule has 1 aromatic rings. The fraction of sp³-hybridized carbons (Fsp3) is 0.636. The topological polar surface area (TPSA) is 82.1 Å². The van der Waals surface area contributed by atoms with Crippen molar-refractivity contribution in [2.75, 3.05) is 20.3 Å². The van der Waals surface area contributed by atoms with Crippen LogP contribution in [0.4, 0.5) is 0 Å². The fourth-order valence-corrected chi connectivity index (χ4v) is 4.69. The monoisotopic (exact) mass is 390 g/mol. The van der Waals surface area contributed by atoms with Gasteiger partial charge in [0, 0.05) is 30.3 Å². The molecule has 28 heavy (non-hydrogen) atoms. The Bertz CT molecular complexity index is 690. The lowest BCUT2D eigenvalue weighted by Gasteiger charge is -2.42. The molecule has 0 radical (unpaired) electrons. The van der Waals surface area contributed by atoms with Crippen molar-refractivity contribution >= 4 is 11.8 Å². The van der Waals surface area contributed by atoms with Gasteiger partial charge in [-0.05, 0) is 24.8 Å². The molecule has 6 nitrogen and oxygen atoms in total. The number of Topliss-reactive ketones (excluding diaryl/α,β-unsaturated/α-hetero) is 1. The van der Waals surface area contributed by atoms with Gasteiger partial charge in [0.1, 0.15) is 5.78 Å². The number of aliphatic hydroxyl groups is 1. The SMILES string of the molecule is COC(=O)[C@]1(O)OC[C@@]2(C)CCC(=O)[C@@H](CCCCOCc3ccccc3)[C@H]21. The van der Waals surface area contributed by atoms with E-state index in [1.54, 1.807) is 0 Å². The molecule has 1 aliphatic carbocycles. The van der Waals surface area contributed by atoms with E-state index in [-0.39, 0.29) is 12.4 Å². The van der Waals surface area contributed by atoms with Gasteiger partial charge < -0.3 is 19.3 Å². The van der Waals surface area contributed by atoms with Crippen LogP contribution in [0.3, 0.4) is 0 Å². The van der Waals surface area contributed by atoms with Crippen LogP contribution in [-0.2, 0) is 30.4 Å². The number of methoxy groups -OCH3 is 1. The highest BCUT2D eigenvalue weighted by Gasteiger charge is 2.65. The lowest BCUT2D eigenvalue weighted by molar-refractivity contribution is -0.228. The number of benzene rings is 1. The zero-order valence-corrected chi connectivity index (χ0v) is 16.7. The van der Waals surface area contributed by atoms with Gasteiger partial charge in [-0.3, -0.25) is 4.79 Å². The van der Waals surface area contributed by atoms with E-state index in [2.05, 4.69) is 0 Å². The summed E-state index contributed by atoms with van der Waals surface area (Å²) in [5, 5.41) is 10.9. The number of carbonyl (C=O) groups is 2. The van der Waals surface area contributed by atoms with Gasteiger partial charge >= 0.3 is 5.97 Å². The summed E-state index contributed by atoms with van der Waals surface area (Å²) in [5.74, 6) is -3.72. The third-order valence-corrected chi connectivity index (χ3v) is 6.20. The van der Waals surface area contributed by atoms with Crippen molar-refractivity contribution in [3.63, 3.8) is 0 Å². The number of ether oxygens (including phenoxy) is 3. The summed E-state index contributed by atoms with van der Waals surface area (Å²) < 4.78 is 16.0. The molecule has 154 valence electrons. The first-order valence-corrected chi connectivity index (χ1v) is 10.00. The maximum atomic E-state index is 12.6. The van der Waals surface area contributed by atoms with Crippen LogP contribution in [0.15, 0.2) is 30.3 Å². The minimum atomic E-state index is -2.03. The highest BCUT2D eigenvalue weighted by molar-refractivity contribution is 5.85. The molecule has 0 spiro atoms. The third kappa shape index (κ3) is 4.14. The van der Waals surface area contributed by atoms with Crippen molar-refractivity contribution in [2.45, 2.75) is 51.4 Å². The van der Waals surface area contributed by atoms with E-state index >= 15 is 0 Å². The second-order valence-electron chi connectivity index (χ2n) is 8.22. The molecule has 1 N–H and O–H groups in total. The molecular formula is C22H30O6. The van der Waals surface area contributed by atoms with Gasteiger partial charge in [0.2, 0.25) is 0 Å². The molecule has 0 bridgehead atoms. The van der Waals surface area contributed by atoms with Crippen LogP contribution >= 0.6 is 0 Å². The molecule has 1 aliphatic heterocycles. The van der Waals surface area contributed by atoms with Crippen LogP contribution in [0.25, 0.3) is 0 Å². The average Bonchev–Trinajstić information content (AvgIpc) is 2.99.